The number of fused-ring (bicyclic) bond motifs is 3. The summed E-state index contributed by atoms with van der Waals surface area (Å²) in [6.45, 7) is 12.4. The number of hydrogen-bond acceptors (Lipinski definition) is 2. The van der Waals surface area contributed by atoms with Gasteiger partial charge in [-0.3, -0.25) is 0 Å². The van der Waals surface area contributed by atoms with E-state index in [9.17, 15) is 5.11 Å². The van der Waals surface area contributed by atoms with Gasteiger partial charge in [-0.25, -0.2) is 0 Å². The lowest BCUT2D eigenvalue weighted by atomic mass is 10.1. The highest BCUT2D eigenvalue weighted by Gasteiger charge is 2.22. The molecule has 4 nitrogen and oxygen atoms in total. The molecule has 0 saturated heterocycles. The molecule has 0 fully saturated rings. The first kappa shape index (κ1) is 24.7. The number of aliphatic hydroxyl groups excluding tert-OH is 1. The van der Waals surface area contributed by atoms with Gasteiger partial charge in [0.05, 0.1) is 25.7 Å². The Bertz CT molecular complexity index is 1000. The topological polar surface area (TPSA) is 34.4 Å². The number of likely N-dealkylation sites (N-methyl/N-ethyl adjacent to an activating group) is 1. The van der Waals surface area contributed by atoms with Gasteiger partial charge < -0.3 is 42.9 Å². The molecule has 1 heterocycles. The molecule has 1 unspecified atom stereocenters. The first-order valence-electron chi connectivity index (χ1n) is 10.7. The van der Waals surface area contributed by atoms with E-state index in [1.165, 1.54) is 22.0 Å². The van der Waals surface area contributed by atoms with E-state index < -0.39 is 6.10 Å². The summed E-state index contributed by atoms with van der Waals surface area (Å²) in [6.07, 6.45) is 1.76. The molecule has 0 saturated carbocycles. The zero-order valence-electron chi connectivity index (χ0n) is 18.9. The minimum absolute atomic E-state index is 0. The largest absolute Gasteiger partial charge is 1.00 e. The van der Waals surface area contributed by atoms with Gasteiger partial charge in [-0.2, -0.15) is 0 Å². The van der Waals surface area contributed by atoms with Crippen LogP contribution >= 0.6 is 0 Å². The number of halogens is 1. The Labute approximate surface area is 197 Å². The van der Waals surface area contributed by atoms with Crippen LogP contribution in [0.5, 0.6) is 5.75 Å². The van der Waals surface area contributed by atoms with Gasteiger partial charge >= 0.3 is 0 Å². The van der Waals surface area contributed by atoms with E-state index in [2.05, 4.69) is 75.7 Å². The maximum absolute atomic E-state index is 10.6. The van der Waals surface area contributed by atoms with Gasteiger partial charge in [0.1, 0.15) is 25.0 Å². The minimum atomic E-state index is -0.491. The number of aliphatic hydroxyl groups is 1. The van der Waals surface area contributed by atoms with Gasteiger partial charge in [-0.1, -0.05) is 35.9 Å². The van der Waals surface area contributed by atoms with E-state index in [4.69, 9.17) is 4.74 Å². The summed E-state index contributed by atoms with van der Waals surface area (Å²) in [5.41, 5.74) is 3.68. The average molecular weight is 522 g/mol. The maximum Gasteiger partial charge on any atom is 0.137 e. The van der Waals surface area contributed by atoms with Crippen molar-refractivity contribution in [1.29, 1.82) is 0 Å². The molecule has 1 aromatic heterocycles. The van der Waals surface area contributed by atoms with E-state index in [0.717, 1.165) is 35.3 Å². The Hall–Kier alpha value is -1.57. The van der Waals surface area contributed by atoms with E-state index in [1.807, 2.05) is 12.1 Å². The minimum Gasteiger partial charge on any atom is -1.00 e. The molecule has 0 aliphatic heterocycles. The molecule has 0 bridgehead atoms. The standard InChI is InChI=1S/C25H35N2O2.HI/c1-6-27(5,7-2)17-20(28)18-29-24-14-10-13-23-25(24)21-11-8-9-12-22(21)26(23)16-15-19(3)4;/h8-15,20,28H,6-7,16-18H2,1-5H3;1H/q+1;/p-1. The van der Waals surface area contributed by atoms with Crippen molar-refractivity contribution >= 4 is 21.8 Å². The van der Waals surface area contributed by atoms with Gasteiger partial charge in [0.25, 0.3) is 0 Å². The number of benzene rings is 2. The van der Waals surface area contributed by atoms with Gasteiger partial charge in [-0.05, 0) is 45.9 Å². The molecule has 30 heavy (non-hydrogen) atoms. The molecule has 0 amide bonds. The van der Waals surface area contributed by atoms with E-state index in [1.54, 1.807) is 0 Å². The normalized spacial score (nSPS) is 12.6. The van der Waals surface area contributed by atoms with Crippen LogP contribution in [0.3, 0.4) is 0 Å². The van der Waals surface area contributed by atoms with Crippen molar-refractivity contribution in [3.8, 4) is 5.75 Å². The van der Waals surface area contributed by atoms with E-state index >= 15 is 0 Å². The fourth-order valence-corrected chi connectivity index (χ4v) is 3.89. The van der Waals surface area contributed by atoms with Crippen LogP contribution in [-0.2, 0) is 6.54 Å². The van der Waals surface area contributed by atoms with E-state index in [0.29, 0.717) is 13.2 Å². The predicted octanol–water partition coefficient (Wildman–Crippen LogP) is 1.99. The molecule has 1 atom stereocenters. The summed E-state index contributed by atoms with van der Waals surface area (Å²) < 4.78 is 9.35. The van der Waals surface area contributed by atoms with Crippen LogP contribution in [0.1, 0.15) is 27.7 Å². The summed E-state index contributed by atoms with van der Waals surface area (Å²) in [7, 11) is 2.18. The highest BCUT2D eigenvalue weighted by molar-refractivity contribution is 6.11. The van der Waals surface area contributed by atoms with Crippen LogP contribution in [-0.4, -0.2) is 53.5 Å². The number of aromatic nitrogens is 1. The van der Waals surface area contributed by atoms with Crippen molar-refractivity contribution in [2.24, 2.45) is 0 Å². The van der Waals surface area contributed by atoms with Crippen molar-refractivity contribution in [1.82, 2.24) is 4.57 Å². The lowest BCUT2D eigenvalue weighted by Gasteiger charge is -2.33. The average Bonchev–Trinajstić information content (AvgIpc) is 3.04. The van der Waals surface area contributed by atoms with Gasteiger partial charge in [0, 0.05) is 22.8 Å². The number of rotatable bonds is 9. The Morgan fingerprint density at radius 1 is 1.07 bits per heavy atom. The molecular weight excluding hydrogens is 487 g/mol. The lowest BCUT2D eigenvalue weighted by molar-refractivity contribution is -0.909. The third kappa shape index (κ3) is 5.37. The van der Waals surface area contributed by atoms with Crippen molar-refractivity contribution in [2.45, 2.75) is 40.3 Å². The second-order valence-electron chi connectivity index (χ2n) is 8.46. The van der Waals surface area contributed by atoms with Crippen LogP contribution in [0, 0.1) is 0 Å². The fourth-order valence-electron chi connectivity index (χ4n) is 3.89. The monoisotopic (exact) mass is 522 g/mol. The molecule has 0 aliphatic carbocycles. The van der Waals surface area contributed by atoms with Gasteiger partial charge in [0.15, 0.2) is 0 Å². The molecule has 1 N–H and O–H groups in total. The second-order valence-corrected chi connectivity index (χ2v) is 8.46. The van der Waals surface area contributed by atoms with Crippen LogP contribution in [0.25, 0.3) is 21.8 Å². The summed E-state index contributed by atoms with van der Waals surface area (Å²) in [6, 6.07) is 14.7. The maximum atomic E-state index is 10.6. The van der Waals surface area contributed by atoms with Crippen LogP contribution in [0.4, 0.5) is 0 Å². The van der Waals surface area contributed by atoms with Crippen LogP contribution < -0.4 is 28.7 Å². The SMILES string of the molecule is CC[N+](C)(CC)CC(O)COc1cccc2c1c1ccccc1n2CC=C(C)C.[I-]. The third-order valence-electron chi connectivity index (χ3n) is 6.05. The fraction of sp³-hybridized carbons (Fsp3) is 0.440. The van der Waals surface area contributed by atoms with E-state index in [-0.39, 0.29) is 24.0 Å². The summed E-state index contributed by atoms with van der Waals surface area (Å²) in [4.78, 5) is 0. The molecule has 0 spiro atoms. The third-order valence-corrected chi connectivity index (χ3v) is 6.05. The van der Waals surface area contributed by atoms with Gasteiger partial charge in [0.2, 0.25) is 0 Å². The summed E-state index contributed by atoms with van der Waals surface area (Å²) >= 11 is 0. The molecule has 164 valence electrons. The Morgan fingerprint density at radius 3 is 2.40 bits per heavy atom. The summed E-state index contributed by atoms with van der Waals surface area (Å²) in [5.74, 6) is 0.843. The number of para-hydroxylation sites is 1. The van der Waals surface area contributed by atoms with Gasteiger partial charge in [-0.15, -0.1) is 0 Å². The predicted molar refractivity (Wildman–Crippen MR) is 123 cm³/mol. The zero-order valence-corrected chi connectivity index (χ0v) is 21.0. The number of hydrogen-bond donors (Lipinski definition) is 1. The highest BCUT2D eigenvalue weighted by Crippen LogP contribution is 2.35. The zero-order chi connectivity index (χ0) is 21.0. The molecule has 5 heteroatoms. The number of quaternary nitrogens is 1. The first-order chi connectivity index (χ1) is 13.9. The molecule has 2 aromatic carbocycles. The molecule has 0 aliphatic rings. The molecule has 3 rings (SSSR count). The Morgan fingerprint density at radius 2 is 1.73 bits per heavy atom. The molecule has 3 aromatic rings. The van der Waals surface area contributed by atoms with Crippen molar-refractivity contribution in [3.63, 3.8) is 0 Å². The van der Waals surface area contributed by atoms with Crippen LogP contribution in [0.2, 0.25) is 0 Å². The highest BCUT2D eigenvalue weighted by atomic mass is 127. The second kappa shape index (κ2) is 10.6. The molecule has 0 radical (unpaired) electrons. The first-order valence-corrected chi connectivity index (χ1v) is 10.7. The Kier molecular flexibility index (Phi) is 8.76. The van der Waals surface area contributed by atoms with Crippen molar-refractivity contribution < 1.29 is 38.3 Å². The number of nitrogens with zero attached hydrogens (tertiary/aromatic N) is 2. The van der Waals surface area contributed by atoms with Crippen molar-refractivity contribution in [2.75, 3.05) is 33.3 Å². The summed E-state index contributed by atoms with van der Waals surface area (Å²) in [5, 5.41) is 12.9. The Balaban J connectivity index is 0.00000320. The lowest BCUT2D eigenvalue weighted by Crippen LogP contribution is -3.00. The van der Waals surface area contributed by atoms with Crippen LogP contribution in [0.15, 0.2) is 54.1 Å². The van der Waals surface area contributed by atoms with Crippen molar-refractivity contribution in [3.05, 3.63) is 54.1 Å². The molecular formula is C25H35IN2O2. The smallest absolute Gasteiger partial charge is 0.137 e. The number of ether oxygens (including phenoxy) is 1. The quantitative estimate of drug-likeness (QED) is 0.265. The number of allylic oxidation sites excluding steroid dienone is 2.